The van der Waals surface area contributed by atoms with Crippen LogP contribution in [0.4, 0.5) is 0 Å². The molecule has 31 heavy (non-hydrogen) atoms. The number of aliphatic hydroxyl groups is 1. The van der Waals surface area contributed by atoms with Crippen LogP contribution in [0.25, 0.3) is 21.8 Å². The van der Waals surface area contributed by atoms with Gasteiger partial charge in [-0.3, -0.25) is 0 Å². The third-order valence-corrected chi connectivity index (χ3v) is 7.22. The van der Waals surface area contributed by atoms with Crippen LogP contribution in [0.15, 0.2) is 90.1 Å². The molecular weight excluding hydrogens is 434 g/mol. The van der Waals surface area contributed by atoms with Crippen molar-refractivity contribution in [1.82, 2.24) is 13.9 Å². The quantitative estimate of drug-likeness (QED) is 0.406. The molecule has 6 nitrogen and oxygen atoms in total. The fourth-order valence-electron chi connectivity index (χ4n) is 3.67. The van der Waals surface area contributed by atoms with Crippen molar-refractivity contribution >= 4 is 43.4 Å². The van der Waals surface area contributed by atoms with Crippen molar-refractivity contribution in [3.05, 3.63) is 102 Å². The van der Waals surface area contributed by atoms with Crippen molar-refractivity contribution in [3.63, 3.8) is 0 Å². The van der Waals surface area contributed by atoms with Crippen molar-refractivity contribution in [1.29, 1.82) is 0 Å². The Morgan fingerprint density at radius 2 is 1.58 bits per heavy atom. The van der Waals surface area contributed by atoms with E-state index in [1.807, 2.05) is 36.4 Å². The van der Waals surface area contributed by atoms with E-state index in [0.29, 0.717) is 10.9 Å². The zero-order valence-corrected chi connectivity index (χ0v) is 17.6. The fraction of sp³-hybridized carbons (Fsp3) is 0.0435. The van der Waals surface area contributed by atoms with Crippen LogP contribution in [-0.4, -0.2) is 27.5 Å². The third kappa shape index (κ3) is 3.27. The second-order valence-corrected chi connectivity index (χ2v) is 9.21. The largest absolute Gasteiger partial charge is 0.382 e. The molecule has 8 heteroatoms. The van der Waals surface area contributed by atoms with E-state index in [1.165, 1.54) is 24.5 Å². The van der Waals surface area contributed by atoms with E-state index < -0.39 is 16.1 Å². The molecule has 0 saturated heterocycles. The molecule has 5 aromatic rings. The van der Waals surface area contributed by atoms with Gasteiger partial charge in [0, 0.05) is 0 Å². The van der Waals surface area contributed by atoms with Gasteiger partial charge >= 0.3 is 0 Å². The first-order valence-electron chi connectivity index (χ1n) is 9.46. The van der Waals surface area contributed by atoms with E-state index >= 15 is 0 Å². The Morgan fingerprint density at radius 1 is 0.871 bits per heavy atom. The summed E-state index contributed by atoms with van der Waals surface area (Å²) in [5.74, 6) is 0. The molecule has 154 valence electrons. The number of aromatic nitrogens is 3. The van der Waals surface area contributed by atoms with Gasteiger partial charge in [-0.2, -0.15) is 0 Å². The average Bonchev–Trinajstić information content (AvgIpc) is 3.21. The predicted molar refractivity (Wildman–Crippen MR) is 120 cm³/mol. The maximum Gasteiger partial charge on any atom is 0.269 e. The Labute approximate surface area is 183 Å². The van der Waals surface area contributed by atoms with Gasteiger partial charge < -0.3 is 5.11 Å². The lowest BCUT2D eigenvalue weighted by Crippen LogP contribution is -2.18. The molecule has 1 N–H and O–H groups in total. The standard InChI is InChI=1S/C23H16ClN3O3S/c24-22-19-13-20(21(28)17-11-10-15-6-4-5-7-16(15)12-17)27(23(19)26-14-25-22)31(29,30)18-8-2-1-3-9-18/h1-14,21,28H. The van der Waals surface area contributed by atoms with Crippen LogP contribution in [0.2, 0.25) is 5.15 Å². The minimum atomic E-state index is -4.06. The zero-order valence-electron chi connectivity index (χ0n) is 16.1. The van der Waals surface area contributed by atoms with Crippen molar-refractivity contribution in [2.75, 3.05) is 0 Å². The molecule has 0 radical (unpaired) electrons. The van der Waals surface area contributed by atoms with Crippen molar-refractivity contribution in [3.8, 4) is 0 Å². The molecule has 0 fully saturated rings. The Bertz CT molecular complexity index is 1530. The van der Waals surface area contributed by atoms with Crippen LogP contribution in [-0.2, 0) is 10.0 Å². The summed E-state index contributed by atoms with van der Waals surface area (Å²) in [6.07, 6.45) is -0.0261. The molecular formula is C23H16ClN3O3S. The molecule has 2 heterocycles. The summed E-state index contributed by atoms with van der Waals surface area (Å²) >= 11 is 6.23. The van der Waals surface area contributed by atoms with E-state index in [4.69, 9.17) is 11.6 Å². The molecule has 0 bridgehead atoms. The summed E-state index contributed by atoms with van der Waals surface area (Å²) in [4.78, 5) is 8.19. The van der Waals surface area contributed by atoms with Gasteiger partial charge in [0.2, 0.25) is 0 Å². The summed E-state index contributed by atoms with van der Waals surface area (Å²) in [5.41, 5.74) is 0.797. The summed E-state index contributed by atoms with van der Waals surface area (Å²) in [5, 5.41) is 13.7. The summed E-state index contributed by atoms with van der Waals surface area (Å²) in [6, 6.07) is 22.8. The molecule has 0 spiro atoms. The van der Waals surface area contributed by atoms with E-state index in [-0.39, 0.29) is 21.4 Å². The third-order valence-electron chi connectivity index (χ3n) is 5.18. The number of hydrogen-bond donors (Lipinski definition) is 1. The fourth-order valence-corrected chi connectivity index (χ4v) is 5.37. The second-order valence-electron chi connectivity index (χ2n) is 7.06. The van der Waals surface area contributed by atoms with E-state index in [9.17, 15) is 13.5 Å². The molecule has 0 aliphatic heterocycles. The first-order chi connectivity index (χ1) is 15.0. The first-order valence-corrected chi connectivity index (χ1v) is 11.3. The Morgan fingerprint density at radius 3 is 2.35 bits per heavy atom. The average molecular weight is 450 g/mol. The van der Waals surface area contributed by atoms with Crippen LogP contribution in [0.1, 0.15) is 17.4 Å². The Balaban J connectivity index is 1.76. The highest BCUT2D eigenvalue weighted by Crippen LogP contribution is 2.34. The van der Waals surface area contributed by atoms with Crippen LogP contribution < -0.4 is 0 Å². The maximum atomic E-state index is 13.5. The highest BCUT2D eigenvalue weighted by atomic mass is 35.5. The van der Waals surface area contributed by atoms with Crippen LogP contribution in [0.3, 0.4) is 0 Å². The number of fused-ring (bicyclic) bond motifs is 2. The number of halogens is 1. The smallest absolute Gasteiger partial charge is 0.269 e. The number of hydrogen-bond acceptors (Lipinski definition) is 5. The molecule has 5 rings (SSSR count). The Hall–Kier alpha value is -3.26. The second kappa shape index (κ2) is 7.46. The molecule has 1 atom stereocenters. The topological polar surface area (TPSA) is 85.1 Å². The molecule has 3 aromatic carbocycles. The monoisotopic (exact) mass is 449 g/mol. The van der Waals surface area contributed by atoms with E-state index in [0.717, 1.165) is 14.7 Å². The van der Waals surface area contributed by atoms with Gasteiger partial charge in [-0.25, -0.2) is 22.4 Å². The molecule has 2 aromatic heterocycles. The molecule has 0 amide bonds. The van der Waals surface area contributed by atoms with Crippen LogP contribution >= 0.6 is 11.6 Å². The number of aliphatic hydroxyl groups excluding tert-OH is 1. The normalized spacial score (nSPS) is 13.0. The highest BCUT2D eigenvalue weighted by Gasteiger charge is 2.29. The minimum absolute atomic E-state index is 0.0780. The summed E-state index contributed by atoms with van der Waals surface area (Å²) < 4.78 is 28.1. The summed E-state index contributed by atoms with van der Waals surface area (Å²) in [7, 11) is -4.06. The van der Waals surface area contributed by atoms with Gasteiger partial charge in [-0.05, 0) is 40.6 Å². The van der Waals surface area contributed by atoms with Crippen molar-refractivity contribution in [2.24, 2.45) is 0 Å². The SMILES string of the molecule is O=S(=O)(c1ccccc1)n1c(C(O)c2ccc3ccccc3c2)cc2c(Cl)ncnc21. The van der Waals surface area contributed by atoms with Gasteiger partial charge in [0.1, 0.15) is 17.6 Å². The number of benzene rings is 3. The van der Waals surface area contributed by atoms with Crippen LogP contribution in [0.5, 0.6) is 0 Å². The molecule has 1 unspecified atom stereocenters. The molecule has 0 aliphatic rings. The Kier molecular flexibility index (Phi) is 4.74. The van der Waals surface area contributed by atoms with Crippen LogP contribution in [0, 0.1) is 0 Å². The lowest BCUT2D eigenvalue weighted by molar-refractivity contribution is 0.215. The molecule has 0 aliphatic carbocycles. The van der Waals surface area contributed by atoms with Crippen molar-refractivity contribution < 1.29 is 13.5 Å². The highest BCUT2D eigenvalue weighted by molar-refractivity contribution is 7.90. The van der Waals surface area contributed by atoms with E-state index in [1.54, 1.807) is 24.3 Å². The van der Waals surface area contributed by atoms with Crippen molar-refractivity contribution in [2.45, 2.75) is 11.0 Å². The lowest BCUT2D eigenvalue weighted by Gasteiger charge is -2.16. The summed E-state index contributed by atoms with van der Waals surface area (Å²) in [6.45, 7) is 0. The number of nitrogens with zero attached hydrogens (tertiary/aromatic N) is 3. The minimum Gasteiger partial charge on any atom is -0.382 e. The maximum absolute atomic E-state index is 13.5. The molecule has 0 saturated carbocycles. The zero-order chi connectivity index (χ0) is 21.6. The van der Waals surface area contributed by atoms with Gasteiger partial charge in [0.15, 0.2) is 5.65 Å². The van der Waals surface area contributed by atoms with E-state index in [2.05, 4.69) is 9.97 Å². The van der Waals surface area contributed by atoms with Gasteiger partial charge in [-0.1, -0.05) is 66.2 Å². The lowest BCUT2D eigenvalue weighted by atomic mass is 10.0. The van der Waals surface area contributed by atoms with Gasteiger partial charge in [0.05, 0.1) is 16.0 Å². The number of rotatable bonds is 4. The van der Waals surface area contributed by atoms with Gasteiger partial charge in [0.25, 0.3) is 10.0 Å². The predicted octanol–water partition coefficient (Wildman–Crippen LogP) is 4.56. The van der Waals surface area contributed by atoms with Gasteiger partial charge in [-0.15, -0.1) is 0 Å². The first kappa shape index (κ1) is 19.7.